The molecule has 0 radical (unpaired) electrons. The van der Waals surface area contributed by atoms with Crippen LogP contribution in [0.2, 0.25) is 18.1 Å². The number of rotatable bonds is 2. The summed E-state index contributed by atoms with van der Waals surface area (Å²) in [6.07, 6.45) is 4.88. The van der Waals surface area contributed by atoms with Crippen LogP contribution in [-0.2, 0) is 4.43 Å². The summed E-state index contributed by atoms with van der Waals surface area (Å²) < 4.78 is 6.89. The lowest BCUT2D eigenvalue weighted by Crippen LogP contribution is -2.48. The first-order valence-corrected chi connectivity index (χ1v) is 11.1. The Morgan fingerprint density at radius 2 is 2.00 bits per heavy atom. The van der Waals surface area contributed by atoms with Crippen LogP contribution < -0.4 is 0 Å². The molecular weight excluding hydrogens is 260 g/mol. The van der Waals surface area contributed by atoms with Crippen LogP contribution in [0.25, 0.3) is 0 Å². The van der Waals surface area contributed by atoms with Crippen molar-refractivity contribution >= 4 is 20.1 Å². The maximum absolute atomic E-state index is 9.87. The Balaban J connectivity index is 2.09. The van der Waals surface area contributed by atoms with E-state index in [1.165, 1.54) is 19.3 Å². The molecule has 0 aromatic rings. The highest BCUT2D eigenvalue weighted by atomic mass is 32.2. The van der Waals surface area contributed by atoms with Gasteiger partial charge in [-0.2, -0.15) is 0 Å². The zero-order valence-electron chi connectivity index (χ0n) is 12.5. The maximum atomic E-state index is 9.87. The highest BCUT2D eigenvalue weighted by Crippen LogP contribution is 2.53. The summed E-state index contributed by atoms with van der Waals surface area (Å²) in [5, 5.41) is 10.1. The lowest BCUT2D eigenvalue weighted by atomic mass is 9.98. The molecule has 2 nitrogen and oxygen atoms in total. The van der Waals surface area contributed by atoms with E-state index in [2.05, 4.69) is 33.9 Å². The summed E-state index contributed by atoms with van der Waals surface area (Å²) >= 11 is 1.97. The van der Waals surface area contributed by atoms with E-state index in [1.807, 2.05) is 11.8 Å². The van der Waals surface area contributed by atoms with Crippen molar-refractivity contribution in [3.05, 3.63) is 0 Å². The van der Waals surface area contributed by atoms with Gasteiger partial charge in [0.25, 0.3) is 0 Å². The lowest BCUT2D eigenvalue weighted by Gasteiger charge is -2.42. The minimum Gasteiger partial charge on any atom is -0.413 e. The smallest absolute Gasteiger partial charge is 0.192 e. The second-order valence-corrected chi connectivity index (χ2v) is 13.7. The minimum absolute atomic E-state index is 0.112. The van der Waals surface area contributed by atoms with Crippen LogP contribution in [-0.4, -0.2) is 36.1 Å². The molecule has 0 bridgehead atoms. The fourth-order valence-electron chi connectivity index (χ4n) is 2.89. The zero-order chi connectivity index (χ0) is 13.6. The molecule has 0 amide bonds. The van der Waals surface area contributed by atoms with E-state index in [9.17, 15) is 5.11 Å². The van der Waals surface area contributed by atoms with Gasteiger partial charge >= 0.3 is 0 Å². The summed E-state index contributed by atoms with van der Waals surface area (Å²) in [5.74, 6) is 0.900. The Morgan fingerprint density at radius 3 is 2.50 bits per heavy atom. The molecule has 1 unspecified atom stereocenters. The van der Waals surface area contributed by atoms with Crippen LogP contribution in [0.15, 0.2) is 0 Å². The van der Waals surface area contributed by atoms with Gasteiger partial charge in [-0.3, -0.25) is 0 Å². The van der Waals surface area contributed by atoms with Crippen molar-refractivity contribution < 1.29 is 9.53 Å². The number of aliphatic hydroxyl groups is 1. The molecule has 2 fully saturated rings. The molecule has 3 atom stereocenters. The zero-order valence-corrected chi connectivity index (χ0v) is 14.3. The fraction of sp³-hybridized carbons (Fsp3) is 1.00. The number of hydrogen-bond acceptors (Lipinski definition) is 3. The molecule has 106 valence electrons. The van der Waals surface area contributed by atoms with Gasteiger partial charge in [-0.15, -0.1) is 11.8 Å². The Kier molecular flexibility index (Phi) is 3.97. The van der Waals surface area contributed by atoms with E-state index in [1.54, 1.807) is 0 Å². The Labute approximate surface area is 117 Å². The van der Waals surface area contributed by atoms with Crippen molar-refractivity contribution in [2.45, 2.75) is 81.5 Å². The number of aliphatic hydroxyl groups excluding tert-OH is 1. The molecule has 1 N–H and O–H groups in total. The molecule has 1 saturated carbocycles. The number of hydrogen-bond donors (Lipinski definition) is 1. The molecule has 1 heterocycles. The second kappa shape index (κ2) is 4.79. The van der Waals surface area contributed by atoms with Crippen molar-refractivity contribution in [3.8, 4) is 0 Å². The van der Waals surface area contributed by atoms with Gasteiger partial charge in [0, 0.05) is 10.5 Å². The average molecular weight is 289 g/mol. The number of thioether (sulfide) groups is 1. The van der Waals surface area contributed by atoms with Crippen molar-refractivity contribution in [1.82, 2.24) is 0 Å². The van der Waals surface area contributed by atoms with Crippen LogP contribution in [0.3, 0.4) is 0 Å². The first-order valence-electron chi connectivity index (χ1n) is 7.16. The molecule has 2 rings (SSSR count). The molecule has 1 spiro atoms. The van der Waals surface area contributed by atoms with Crippen LogP contribution in [0.5, 0.6) is 0 Å². The molecule has 1 aliphatic carbocycles. The van der Waals surface area contributed by atoms with E-state index in [4.69, 9.17) is 4.43 Å². The van der Waals surface area contributed by atoms with Gasteiger partial charge in [0.2, 0.25) is 0 Å². The van der Waals surface area contributed by atoms with Crippen molar-refractivity contribution in [3.63, 3.8) is 0 Å². The Hall–Kier alpha value is 0.487. The van der Waals surface area contributed by atoms with E-state index >= 15 is 0 Å². The van der Waals surface area contributed by atoms with Crippen LogP contribution in [0.4, 0.5) is 0 Å². The van der Waals surface area contributed by atoms with Gasteiger partial charge in [0.05, 0.1) is 12.2 Å². The second-order valence-electron chi connectivity index (χ2n) is 7.49. The Bertz CT molecular complexity index is 313. The van der Waals surface area contributed by atoms with E-state index in [0.717, 1.165) is 12.2 Å². The van der Waals surface area contributed by atoms with Crippen LogP contribution in [0.1, 0.15) is 46.5 Å². The van der Waals surface area contributed by atoms with Gasteiger partial charge in [-0.05, 0) is 43.8 Å². The summed E-state index contributed by atoms with van der Waals surface area (Å²) in [5.41, 5.74) is 0. The van der Waals surface area contributed by atoms with Crippen molar-refractivity contribution in [1.29, 1.82) is 0 Å². The van der Waals surface area contributed by atoms with E-state index in [-0.39, 0.29) is 15.9 Å². The molecule has 0 aromatic carbocycles. The van der Waals surface area contributed by atoms with Crippen LogP contribution in [0, 0.1) is 0 Å². The van der Waals surface area contributed by atoms with Gasteiger partial charge in [0.15, 0.2) is 8.32 Å². The summed E-state index contributed by atoms with van der Waals surface area (Å²) in [7, 11) is -1.68. The molecule has 1 saturated heterocycles. The van der Waals surface area contributed by atoms with E-state index in [0.29, 0.717) is 6.10 Å². The molecular formula is C14H28O2SSi. The highest BCUT2D eigenvalue weighted by Gasteiger charge is 2.52. The van der Waals surface area contributed by atoms with Gasteiger partial charge in [0.1, 0.15) is 0 Å². The van der Waals surface area contributed by atoms with Gasteiger partial charge in [-0.25, -0.2) is 0 Å². The standard InChI is InChI=1S/C14H28O2SSi/c1-13(2,3)18(4,5)16-12-7-6-8-14(12)9-11(15)10-17-14/h11-12,15H,6-10H2,1-5H3/t11?,12-,14-/m0/s1. The summed E-state index contributed by atoms with van der Waals surface area (Å²) in [6.45, 7) is 11.6. The largest absolute Gasteiger partial charge is 0.413 e. The predicted molar refractivity (Wildman–Crippen MR) is 81.7 cm³/mol. The third-order valence-electron chi connectivity index (χ3n) is 5.04. The fourth-order valence-corrected chi connectivity index (χ4v) is 5.97. The van der Waals surface area contributed by atoms with Gasteiger partial charge < -0.3 is 9.53 Å². The predicted octanol–water partition coefficient (Wildman–Crippen LogP) is 3.80. The molecule has 2 aliphatic rings. The first-order chi connectivity index (χ1) is 8.16. The average Bonchev–Trinajstić information content (AvgIpc) is 2.74. The summed E-state index contributed by atoms with van der Waals surface area (Å²) in [6, 6.07) is 0. The highest BCUT2D eigenvalue weighted by molar-refractivity contribution is 8.01. The van der Waals surface area contributed by atoms with Crippen molar-refractivity contribution in [2.24, 2.45) is 0 Å². The maximum Gasteiger partial charge on any atom is 0.192 e. The Morgan fingerprint density at radius 1 is 1.33 bits per heavy atom. The van der Waals surface area contributed by atoms with Gasteiger partial charge in [-0.1, -0.05) is 20.8 Å². The first kappa shape index (κ1) is 14.9. The molecule has 0 aromatic heterocycles. The third-order valence-corrected chi connectivity index (χ3v) is 11.3. The lowest BCUT2D eigenvalue weighted by molar-refractivity contribution is 0.122. The summed E-state index contributed by atoms with van der Waals surface area (Å²) in [4.78, 5) is 0. The normalized spacial score (nSPS) is 37.7. The molecule has 18 heavy (non-hydrogen) atoms. The monoisotopic (exact) mass is 288 g/mol. The molecule has 1 aliphatic heterocycles. The topological polar surface area (TPSA) is 29.5 Å². The molecule has 4 heteroatoms. The minimum atomic E-state index is -1.68. The quantitative estimate of drug-likeness (QED) is 0.784. The third kappa shape index (κ3) is 2.67. The van der Waals surface area contributed by atoms with Crippen molar-refractivity contribution in [2.75, 3.05) is 5.75 Å². The SMILES string of the molecule is CC(C)(C)[Si](C)(C)O[C@H]1CCC[C@]12CC(O)CS2. The van der Waals surface area contributed by atoms with Crippen LogP contribution >= 0.6 is 11.8 Å². The van der Waals surface area contributed by atoms with E-state index < -0.39 is 8.32 Å².